The number of aromatic amines is 1. The zero-order valence-electron chi connectivity index (χ0n) is 15.3. The fourth-order valence-electron chi connectivity index (χ4n) is 3.54. The molecule has 142 valence electrons. The Bertz CT molecular complexity index is 812. The second kappa shape index (κ2) is 7.50. The average molecular weight is 369 g/mol. The molecule has 2 aromatic heterocycles. The number of morpholine rings is 1. The summed E-state index contributed by atoms with van der Waals surface area (Å²) in [5.41, 5.74) is 0.0783. The van der Waals surface area contributed by atoms with Gasteiger partial charge in [0, 0.05) is 31.9 Å². The first-order valence-electron chi connectivity index (χ1n) is 9.19. The summed E-state index contributed by atoms with van der Waals surface area (Å²) >= 11 is 0. The summed E-state index contributed by atoms with van der Waals surface area (Å²) in [4.78, 5) is 11.6. The van der Waals surface area contributed by atoms with Crippen molar-refractivity contribution in [2.75, 3.05) is 43.2 Å². The molecule has 9 nitrogen and oxygen atoms in total. The Labute approximate surface area is 157 Å². The summed E-state index contributed by atoms with van der Waals surface area (Å²) in [6, 6.07) is 6.46. The van der Waals surface area contributed by atoms with Crippen molar-refractivity contribution in [3.63, 3.8) is 0 Å². The second-order valence-corrected chi connectivity index (χ2v) is 6.95. The first kappa shape index (κ1) is 17.7. The van der Waals surface area contributed by atoms with Crippen molar-refractivity contribution in [2.45, 2.75) is 31.2 Å². The van der Waals surface area contributed by atoms with Gasteiger partial charge in [-0.05, 0) is 19.8 Å². The summed E-state index contributed by atoms with van der Waals surface area (Å²) in [6.07, 6.45) is 2.91. The number of H-pyrrole nitrogens is 1. The van der Waals surface area contributed by atoms with Crippen LogP contribution >= 0.6 is 0 Å². The summed E-state index contributed by atoms with van der Waals surface area (Å²) in [6.45, 7) is 5.29. The van der Waals surface area contributed by atoms with Gasteiger partial charge in [-0.1, -0.05) is 0 Å². The van der Waals surface area contributed by atoms with Gasteiger partial charge in [-0.3, -0.25) is 5.10 Å². The Kier molecular flexibility index (Phi) is 4.92. The Balaban J connectivity index is 1.75. The molecule has 1 atom stereocenters. The molecule has 0 bridgehead atoms. The van der Waals surface area contributed by atoms with Gasteiger partial charge in [0.25, 0.3) is 0 Å². The molecule has 4 rings (SSSR count). The largest absolute Gasteiger partial charge is 0.381 e. The molecule has 2 saturated heterocycles. The Morgan fingerprint density at radius 3 is 2.85 bits per heavy atom. The Morgan fingerprint density at radius 1 is 1.30 bits per heavy atom. The van der Waals surface area contributed by atoms with Gasteiger partial charge in [-0.25, -0.2) is 4.98 Å². The van der Waals surface area contributed by atoms with Crippen LogP contribution in [-0.4, -0.2) is 59.2 Å². The van der Waals surface area contributed by atoms with E-state index in [9.17, 15) is 5.26 Å². The summed E-state index contributed by atoms with van der Waals surface area (Å²) in [5, 5.41) is 19.9. The maximum absolute atomic E-state index is 9.96. The highest BCUT2D eigenvalue weighted by Gasteiger charge is 2.37. The lowest BCUT2D eigenvalue weighted by Gasteiger charge is -2.36. The molecule has 0 saturated carbocycles. The quantitative estimate of drug-likeness (QED) is 0.838. The number of nitriles is 1. The third kappa shape index (κ3) is 3.59. The molecule has 1 unspecified atom stereocenters. The van der Waals surface area contributed by atoms with E-state index in [1.165, 1.54) is 0 Å². The van der Waals surface area contributed by atoms with Crippen molar-refractivity contribution in [3.05, 3.63) is 24.0 Å². The van der Waals surface area contributed by atoms with Crippen molar-refractivity contribution < 1.29 is 9.47 Å². The molecule has 0 aromatic carbocycles. The number of hydrogen-bond acceptors (Lipinski definition) is 8. The lowest BCUT2D eigenvalue weighted by atomic mass is 9.78. The molecule has 0 aliphatic carbocycles. The molecule has 2 aliphatic rings. The molecule has 0 spiro atoms. The monoisotopic (exact) mass is 369 g/mol. The number of nitrogens with one attached hydrogen (secondary N) is 2. The molecule has 4 heterocycles. The minimum Gasteiger partial charge on any atom is -0.381 e. The minimum atomic E-state index is -0.657. The van der Waals surface area contributed by atoms with Crippen molar-refractivity contribution in [1.82, 2.24) is 20.2 Å². The first-order valence-corrected chi connectivity index (χ1v) is 9.19. The van der Waals surface area contributed by atoms with Crippen LogP contribution < -0.4 is 10.2 Å². The van der Waals surface area contributed by atoms with E-state index in [1.54, 1.807) is 6.20 Å². The van der Waals surface area contributed by atoms with Crippen LogP contribution in [0.1, 0.15) is 25.5 Å². The third-order valence-electron chi connectivity index (χ3n) is 5.17. The molecular weight excluding hydrogens is 346 g/mol. The van der Waals surface area contributed by atoms with E-state index in [1.807, 2.05) is 12.1 Å². The van der Waals surface area contributed by atoms with Crippen LogP contribution in [0.5, 0.6) is 0 Å². The molecule has 0 amide bonds. The molecule has 9 heteroatoms. The standard InChI is InChI=1S/C18H23N7O2/c1-13-11-27-9-6-25(13)16-10-14(18(12-19)3-7-26-8-4-18)21-17(23-16)22-15-2-5-20-24-15/h2,5,10,13H,3-4,6-9,11H2,1H3,(H2,20,21,22,23,24). The fourth-order valence-corrected chi connectivity index (χ4v) is 3.54. The van der Waals surface area contributed by atoms with Crippen LogP contribution in [0.4, 0.5) is 17.6 Å². The molecule has 27 heavy (non-hydrogen) atoms. The van der Waals surface area contributed by atoms with Crippen molar-refractivity contribution in [2.24, 2.45) is 0 Å². The summed E-state index contributed by atoms with van der Waals surface area (Å²) in [7, 11) is 0. The van der Waals surface area contributed by atoms with Crippen LogP contribution in [0.3, 0.4) is 0 Å². The molecule has 2 aromatic rings. The van der Waals surface area contributed by atoms with E-state index in [2.05, 4.69) is 38.4 Å². The predicted molar refractivity (Wildman–Crippen MR) is 98.9 cm³/mol. The molecule has 2 N–H and O–H groups in total. The van der Waals surface area contributed by atoms with E-state index in [0.717, 1.165) is 18.1 Å². The topological polar surface area (TPSA) is 112 Å². The van der Waals surface area contributed by atoms with Gasteiger partial charge in [-0.15, -0.1) is 0 Å². The highest BCUT2D eigenvalue weighted by Crippen LogP contribution is 2.35. The maximum Gasteiger partial charge on any atom is 0.230 e. The lowest BCUT2D eigenvalue weighted by molar-refractivity contribution is 0.0663. The highest BCUT2D eigenvalue weighted by atomic mass is 16.5. The van der Waals surface area contributed by atoms with Crippen molar-refractivity contribution >= 4 is 17.6 Å². The van der Waals surface area contributed by atoms with E-state index >= 15 is 0 Å². The average Bonchev–Trinajstić information content (AvgIpc) is 3.21. The van der Waals surface area contributed by atoms with Crippen LogP contribution in [0.2, 0.25) is 0 Å². The number of ether oxygens (including phenoxy) is 2. The van der Waals surface area contributed by atoms with Gasteiger partial charge >= 0.3 is 0 Å². The third-order valence-corrected chi connectivity index (χ3v) is 5.17. The molecule has 0 radical (unpaired) electrons. The summed E-state index contributed by atoms with van der Waals surface area (Å²) in [5.74, 6) is 1.96. The Morgan fingerprint density at radius 2 is 2.15 bits per heavy atom. The van der Waals surface area contributed by atoms with Gasteiger partial charge in [-0.2, -0.15) is 15.3 Å². The highest BCUT2D eigenvalue weighted by molar-refractivity contribution is 5.54. The van der Waals surface area contributed by atoms with Gasteiger partial charge in [0.1, 0.15) is 17.1 Å². The number of nitrogens with zero attached hydrogens (tertiary/aromatic N) is 5. The minimum absolute atomic E-state index is 0.203. The lowest BCUT2D eigenvalue weighted by Crippen LogP contribution is -2.44. The zero-order chi connectivity index (χ0) is 18.7. The van der Waals surface area contributed by atoms with E-state index < -0.39 is 5.41 Å². The normalized spacial score (nSPS) is 22.2. The smallest absolute Gasteiger partial charge is 0.230 e. The van der Waals surface area contributed by atoms with Crippen LogP contribution in [-0.2, 0) is 14.9 Å². The van der Waals surface area contributed by atoms with Crippen molar-refractivity contribution in [3.8, 4) is 6.07 Å². The SMILES string of the molecule is CC1COCCN1c1cc(C2(C#N)CCOCC2)nc(Nc2ccn[nH]2)n1. The predicted octanol–water partition coefficient (Wildman–Crippen LogP) is 1.74. The number of aromatic nitrogens is 4. The van der Waals surface area contributed by atoms with Crippen LogP contribution in [0.15, 0.2) is 18.3 Å². The van der Waals surface area contributed by atoms with Gasteiger partial charge < -0.3 is 19.7 Å². The van der Waals surface area contributed by atoms with E-state index in [0.29, 0.717) is 51.0 Å². The second-order valence-electron chi connectivity index (χ2n) is 6.95. The molecular formula is C18H23N7O2. The fraction of sp³-hybridized carbons (Fsp3) is 0.556. The van der Waals surface area contributed by atoms with Gasteiger partial charge in [0.2, 0.25) is 5.95 Å². The Hall–Kier alpha value is -2.70. The maximum atomic E-state index is 9.96. The van der Waals surface area contributed by atoms with Crippen LogP contribution in [0.25, 0.3) is 0 Å². The number of hydrogen-bond donors (Lipinski definition) is 2. The van der Waals surface area contributed by atoms with E-state index in [4.69, 9.17) is 14.5 Å². The molecule has 2 aliphatic heterocycles. The molecule has 2 fully saturated rings. The number of rotatable bonds is 4. The summed E-state index contributed by atoms with van der Waals surface area (Å²) < 4.78 is 11.0. The number of anilines is 3. The van der Waals surface area contributed by atoms with Gasteiger partial charge in [0.15, 0.2) is 0 Å². The van der Waals surface area contributed by atoms with E-state index in [-0.39, 0.29) is 6.04 Å². The van der Waals surface area contributed by atoms with Gasteiger partial charge in [0.05, 0.1) is 37.2 Å². The van der Waals surface area contributed by atoms with Crippen LogP contribution in [0, 0.1) is 11.3 Å². The first-order chi connectivity index (χ1) is 13.2. The van der Waals surface area contributed by atoms with Crippen molar-refractivity contribution in [1.29, 1.82) is 5.26 Å². The zero-order valence-corrected chi connectivity index (χ0v) is 15.3.